The molecule has 52 heavy (non-hydrogen) atoms. The van der Waals surface area contributed by atoms with Gasteiger partial charge in [-0.3, -0.25) is 0 Å². The molecule has 0 N–H and O–H groups in total. The maximum Gasteiger partial charge on any atom is 0.119 e. The van der Waals surface area contributed by atoms with Crippen molar-refractivity contribution in [1.82, 2.24) is 0 Å². The van der Waals surface area contributed by atoms with Gasteiger partial charge in [0.15, 0.2) is 0 Å². The van der Waals surface area contributed by atoms with Gasteiger partial charge in [-0.05, 0) is 84.7 Å². The summed E-state index contributed by atoms with van der Waals surface area (Å²) in [6.07, 6.45) is 42.7. The molecule has 0 heterocycles. The summed E-state index contributed by atoms with van der Waals surface area (Å²) >= 11 is 0. The Labute approximate surface area is 323 Å². The van der Waals surface area contributed by atoms with Gasteiger partial charge in [0.1, 0.15) is 11.5 Å². The van der Waals surface area contributed by atoms with Gasteiger partial charge in [0.25, 0.3) is 0 Å². The highest BCUT2D eigenvalue weighted by Gasteiger charge is 2.21. The molecule has 2 aliphatic carbocycles. The number of benzene rings is 2. The number of ether oxygens (including phenoxy) is 2. The number of rotatable bonds is 29. The molecule has 2 fully saturated rings. The van der Waals surface area contributed by atoms with Gasteiger partial charge in [0.05, 0.1) is 13.2 Å². The van der Waals surface area contributed by atoms with Gasteiger partial charge in [0.2, 0.25) is 0 Å². The van der Waals surface area contributed by atoms with Crippen LogP contribution in [0, 0.1) is 23.7 Å². The van der Waals surface area contributed by atoms with Crippen molar-refractivity contribution in [2.75, 3.05) is 13.2 Å². The van der Waals surface area contributed by atoms with Crippen molar-refractivity contribution >= 4 is 0 Å². The number of hydrogen-bond acceptors (Lipinski definition) is 2. The second-order valence-electron chi connectivity index (χ2n) is 17.3. The second-order valence-corrected chi connectivity index (χ2v) is 17.3. The Kier molecular flexibility index (Phi) is 22.7. The van der Waals surface area contributed by atoms with Crippen molar-refractivity contribution in [3.8, 4) is 22.6 Å². The van der Waals surface area contributed by atoms with Crippen LogP contribution in [0.15, 0.2) is 48.5 Å². The molecule has 2 aromatic rings. The lowest BCUT2D eigenvalue weighted by Gasteiger charge is -2.28. The normalized spacial score (nSPS) is 20.6. The van der Waals surface area contributed by atoms with Crippen molar-refractivity contribution in [1.29, 1.82) is 0 Å². The zero-order valence-electron chi connectivity index (χ0n) is 34.4. The van der Waals surface area contributed by atoms with E-state index < -0.39 is 0 Å². The monoisotopic (exact) mass is 715 g/mol. The van der Waals surface area contributed by atoms with Crippen LogP contribution in [0.5, 0.6) is 11.5 Å². The van der Waals surface area contributed by atoms with Gasteiger partial charge < -0.3 is 9.47 Å². The SMILES string of the molecule is CCCCCCCCCC[C@H]1CC[C@H](CCCOc2ccc(-c3ccc(OCCC[C@H]4CC[C@H](CCCCCCCCCC)CC4)cc3)cc2)CC1. The standard InChI is InChI=1S/C50H82O2/c1-3-5-7-9-11-13-15-17-21-43-25-29-45(30-26-43)23-19-41-51-49-37-33-47(34-38-49)48-35-39-50(40-36-48)52-42-20-24-46-31-27-44(28-32-46)22-18-16-14-12-10-8-6-4-2/h33-40,43-46H,3-32,41-42H2,1-2H3/t43-,44-,45-,46-. The molecular formula is C50H82O2. The molecule has 0 radical (unpaired) electrons. The van der Waals surface area contributed by atoms with E-state index in [1.54, 1.807) is 0 Å². The summed E-state index contributed by atoms with van der Waals surface area (Å²) in [5.41, 5.74) is 2.47. The smallest absolute Gasteiger partial charge is 0.119 e. The van der Waals surface area contributed by atoms with Gasteiger partial charge >= 0.3 is 0 Å². The Morgan fingerprint density at radius 1 is 0.346 bits per heavy atom. The predicted octanol–water partition coefficient (Wildman–Crippen LogP) is 16.3. The van der Waals surface area contributed by atoms with Gasteiger partial charge in [-0.1, -0.05) is 205 Å². The molecule has 0 aliphatic heterocycles. The van der Waals surface area contributed by atoms with Gasteiger partial charge in [0, 0.05) is 0 Å². The summed E-state index contributed by atoms with van der Waals surface area (Å²) in [4.78, 5) is 0. The van der Waals surface area contributed by atoms with Gasteiger partial charge in [-0.25, -0.2) is 0 Å². The zero-order chi connectivity index (χ0) is 36.3. The van der Waals surface area contributed by atoms with Crippen LogP contribution in [0.25, 0.3) is 11.1 Å². The fourth-order valence-electron chi connectivity index (χ4n) is 9.36. The van der Waals surface area contributed by atoms with Crippen molar-refractivity contribution < 1.29 is 9.47 Å². The van der Waals surface area contributed by atoms with E-state index >= 15 is 0 Å². The average molecular weight is 715 g/mol. The lowest BCUT2D eigenvalue weighted by molar-refractivity contribution is 0.228. The van der Waals surface area contributed by atoms with E-state index in [2.05, 4.69) is 62.4 Å². The van der Waals surface area contributed by atoms with E-state index in [4.69, 9.17) is 9.47 Å². The molecule has 2 heteroatoms. The van der Waals surface area contributed by atoms with E-state index in [1.807, 2.05) is 0 Å². The topological polar surface area (TPSA) is 18.5 Å². The van der Waals surface area contributed by atoms with Crippen LogP contribution in [0.1, 0.15) is 206 Å². The Balaban J connectivity index is 0.977. The molecule has 2 aromatic carbocycles. The summed E-state index contributed by atoms with van der Waals surface area (Å²) in [7, 11) is 0. The molecular weight excluding hydrogens is 633 g/mol. The molecule has 0 spiro atoms. The Bertz CT molecular complexity index is 1000. The molecule has 294 valence electrons. The maximum atomic E-state index is 6.16. The number of unbranched alkanes of at least 4 members (excludes halogenated alkanes) is 14. The zero-order valence-corrected chi connectivity index (χ0v) is 34.4. The van der Waals surface area contributed by atoms with Crippen LogP contribution in [0.3, 0.4) is 0 Å². The molecule has 0 aromatic heterocycles. The van der Waals surface area contributed by atoms with Crippen molar-refractivity contribution in [2.45, 2.75) is 206 Å². The van der Waals surface area contributed by atoms with Crippen LogP contribution < -0.4 is 9.47 Å². The van der Waals surface area contributed by atoms with Crippen molar-refractivity contribution in [2.24, 2.45) is 23.7 Å². The van der Waals surface area contributed by atoms with E-state index in [0.717, 1.165) is 48.4 Å². The summed E-state index contributed by atoms with van der Waals surface area (Å²) < 4.78 is 12.3. The highest BCUT2D eigenvalue weighted by molar-refractivity contribution is 5.64. The molecule has 0 amide bonds. The Morgan fingerprint density at radius 2 is 0.615 bits per heavy atom. The minimum absolute atomic E-state index is 0.837. The predicted molar refractivity (Wildman–Crippen MR) is 227 cm³/mol. The van der Waals surface area contributed by atoms with Gasteiger partial charge in [-0.15, -0.1) is 0 Å². The lowest BCUT2D eigenvalue weighted by Crippen LogP contribution is -2.15. The molecule has 0 bridgehead atoms. The summed E-state index contributed by atoms with van der Waals surface area (Å²) in [5.74, 6) is 5.85. The van der Waals surface area contributed by atoms with Crippen LogP contribution in [0.2, 0.25) is 0 Å². The fourth-order valence-corrected chi connectivity index (χ4v) is 9.36. The first-order valence-electron chi connectivity index (χ1n) is 23.2. The average Bonchev–Trinajstić information content (AvgIpc) is 3.19. The van der Waals surface area contributed by atoms with Crippen LogP contribution >= 0.6 is 0 Å². The minimum Gasteiger partial charge on any atom is -0.494 e. The molecule has 0 atom stereocenters. The summed E-state index contributed by atoms with van der Waals surface area (Å²) in [6, 6.07) is 17.3. The van der Waals surface area contributed by atoms with E-state index in [-0.39, 0.29) is 0 Å². The Morgan fingerprint density at radius 3 is 0.923 bits per heavy atom. The number of hydrogen-bond donors (Lipinski definition) is 0. The largest absolute Gasteiger partial charge is 0.494 e. The quantitative estimate of drug-likeness (QED) is 0.0781. The van der Waals surface area contributed by atoms with E-state index in [1.165, 1.54) is 204 Å². The van der Waals surface area contributed by atoms with Crippen LogP contribution in [-0.2, 0) is 0 Å². The van der Waals surface area contributed by atoms with Crippen LogP contribution in [-0.4, -0.2) is 13.2 Å². The fraction of sp³-hybridized carbons (Fsp3) is 0.760. The van der Waals surface area contributed by atoms with E-state index in [9.17, 15) is 0 Å². The summed E-state index contributed by atoms with van der Waals surface area (Å²) in [6.45, 7) is 6.29. The molecule has 2 nitrogen and oxygen atoms in total. The third-order valence-electron chi connectivity index (χ3n) is 13.0. The molecule has 0 unspecified atom stereocenters. The van der Waals surface area contributed by atoms with Crippen molar-refractivity contribution in [3.05, 3.63) is 48.5 Å². The third-order valence-corrected chi connectivity index (χ3v) is 13.0. The highest BCUT2D eigenvalue weighted by Crippen LogP contribution is 2.36. The van der Waals surface area contributed by atoms with E-state index in [0.29, 0.717) is 0 Å². The first kappa shape index (κ1) is 42.8. The Hall–Kier alpha value is -1.96. The van der Waals surface area contributed by atoms with Crippen LogP contribution in [0.4, 0.5) is 0 Å². The first-order chi connectivity index (χ1) is 25.7. The molecule has 2 aliphatic rings. The second kappa shape index (κ2) is 27.6. The van der Waals surface area contributed by atoms with Gasteiger partial charge in [-0.2, -0.15) is 0 Å². The third kappa shape index (κ3) is 18.4. The highest BCUT2D eigenvalue weighted by atomic mass is 16.5. The lowest BCUT2D eigenvalue weighted by atomic mass is 9.78. The molecule has 4 rings (SSSR count). The molecule has 2 saturated carbocycles. The van der Waals surface area contributed by atoms with Crippen molar-refractivity contribution in [3.63, 3.8) is 0 Å². The minimum atomic E-state index is 0.837. The molecule has 0 saturated heterocycles. The first-order valence-corrected chi connectivity index (χ1v) is 23.2. The maximum absolute atomic E-state index is 6.16. The summed E-state index contributed by atoms with van der Waals surface area (Å²) in [5, 5.41) is 0.